The van der Waals surface area contributed by atoms with Crippen molar-refractivity contribution in [2.75, 3.05) is 9.80 Å². The van der Waals surface area contributed by atoms with Crippen molar-refractivity contribution in [3.8, 4) is 22.3 Å². The Labute approximate surface area is 410 Å². The fourth-order valence-corrected chi connectivity index (χ4v) is 12.4. The van der Waals surface area contributed by atoms with Crippen LogP contribution in [0.25, 0.3) is 54.6 Å². The zero-order valence-electron chi connectivity index (χ0n) is 41.4. The fraction of sp³-hybridized carbons (Fsp3) is 0.161. The van der Waals surface area contributed by atoms with Crippen molar-refractivity contribution in [1.82, 2.24) is 0 Å². The summed E-state index contributed by atoms with van der Waals surface area (Å²) in [5, 5.41) is 8.05. The number of benzene rings is 10. The van der Waals surface area contributed by atoms with E-state index in [1.165, 1.54) is 10.4 Å². The lowest BCUT2D eigenvalue weighted by Crippen LogP contribution is -2.37. The van der Waals surface area contributed by atoms with E-state index in [1.54, 1.807) is 12.1 Å². The van der Waals surface area contributed by atoms with E-state index >= 15 is 17.6 Å². The topological polar surface area (TPSA) is 6.48 Å². The summed E-state index contributed by atoms with van der Waals surface area (Å²) in [6.07, 6.45) is 0. The summed E-state index contributed by atoms with van der Waals surface area (Å²) in [5.74, 6) is -2.65. The minimum atomic E-state index is -1.71. The molecule has 350 valence electrons. The van der Waals surface area contributed by atoms with Crippen LogP contribution >= 0.6 is 0 Å². The predicted molar refractivity (Wildman–Crippen MR) is 295 cm³/mol. The van der Waals surface area contributed by atoms with Crippen LogP contribution in [0.5, 0.6) is 0 Å². The average molecular weight is 961 g/mol. The van der Waals surface area contributed by atoms with Crippen LogP contribution in [-0.2, 0) is 0 Å². The Morgan fingerprint density at radius 3 is 1.06 bits per heavy atom. The summed E-state index contributed by atoms with van der Waals surface area (Å²) in [4.78, 5) is 3.83. The SMILES string of the molecule is Cc1cccc(-c2cc(N(c3ccc([Si](C)(C)C)cc3)c3ccc4ccc5c(N(c6ccc([Si](C)(C)C)cc6)c6cc(-c7cccc(C)c7C)c(F)cc6F)ccc6ccc3c4c65)c(F)cc2F)c1C. The van der Waals surface area contributed by atoms with Crippen LogP contribution in [0.3, 0.4) is 0 Å². The van der Waals surface area contributed by atoms with Gasteiger partial charge < -0.3 is 9.80 Å². The minimum Gasteiger partial charge on any atom is -0.307 e. The lowest BCUT2D eigenvalue weighted by atomic mass is 9.91. The highest BCUT2D eigenvalue weighted by Crippen LogP contribution is 2.49. The quantitative estimate of drug-likeness (QED) is 0.0766. The first-order valence-electron chi connectivity index (χ1n) is 23.9. The number of aryl methyl sites for hydroxylation is 2. The molecule has 0 heterocycles. The molecular formula is C62H56F4N2Si2. The highest BCUT2D eigenvalue weighted by Gasteiger charge is 2.28. The smallest absolute Gasteiger partial charge is 0.150 e. The van der Waals surface area contributed by atoms with Crippen molar-refractivity contribution in [1.29, 1.82) is 0 Å². The van der Waals surface area contributed by atoms with Crippen LogP contribution in [0.4, 0.5) is 51.7 Å². The second-order valence-corrected chi connectivity index (χ2v) is 31.1. The molecule has 0 N–H and O–H groups in total. The van der Waals surface area contributed by atoms with Crippen molar-refractivity contribution in [3.63, 3.8) is 0 Å². The molecule has 0 atom stereocenters. The Bertz CT molecular complexity index is 3420. The summed E-state index contributed by atoms with van der Waals surface area (Å²) in [7, 11) is -3.43. The van der Waals surface area contributed by atoms with Gasteiger partial charge in [-0.3, -0.25) is 0 Å². The zero-order chi connectivity index (χ0) is 49.6. The monoisotopic (exact) mass is 960 g/mol. The van der Waals surface area contributed by atoms with Crippen molar-refractivity contribution in [2.24, 2.45) is 0 Å². The molecule has 0 amide bonds. The lowest BCUT2D eigenvalue weighted by molar-refractivity contribution is 0.585. The fourth-order valence-electron chi connectivity index (χ4n) is 10.1. The number of anilines is 6. The maximum absolute atomic E-state index is 16.9. The second kappa shape index (κ2) is 17.4. The van der Waals surface area contributed by atoms with E-state index in [9.17, 15) is 0 Å². The van der Waals surface area contributed by atoms with Crippen molar-refractivity contribution in [3.05, 3.63) is 203 Å². The van der Waals surface area contributed by atoms with E-state index in [0.29, 0.717) is 33.6 Å². The summed E-state index contributed by atoms with van der Waals surface area (Å²) in [5.41, 5.74) is 9.23. The Morgan fingerprint density at radius 2 is 0.700 bits per heavy atom. The van der Waals surface area contributed by atoms with Gasteiger partial charge in [0.1, 0.15) is 23.3 Å². The molecule has 70 heavy (non-hydrogen) atoms. The van der Waals surface area contributed by atoms with Gasteiger partial charge in [0.05, 0.1) is 38.9 Å². The molecule has 10 aromatic carbocycles. The highest BCUT2D eigenvalue weighted by atomic mass is 28.3. The molecule has 0 saturated heterocycles. The van der Waals surface area contributed by atoms with Gasteiger partial charge >= 0.3 is 0 Å². The Kier molecular flexibility index (Phi) is 11.6. The maximum atomic E-state index is 16.9. The largest absolute Gasteiger partial charge is 0.307 e. The second-order valence-electron chi connectivity index (χ2n) is 20.9. The molecule has 0 unspecified atom stereocenters. The van der Waals surface area contributed by atoms with Crippen molar-refractivity contribution >= 4 is 93.0 Å². The third kappa shape index (κ3) is 8.06. The molecule has 0 aliphatic rings. The summed E-state index contributed by atoms with van der Waals surface area (Å²) in [6.45, 7) is 21.7. The van der Waals surface area contributed by atoms with Gasteiger partial charge in [-0.2, -0.15) is 0 Å². The molecule has 0 bridgehead atoms. The number of hydrogen-bond acceptors (Lipinski definition) is 2. The minimum absolute atomic E-state index is 0.216. The van der Waals surface area contributed by atoms with Crippen LogP contribution in [-0.4, -0.2) is 16.1 Å². The van der Waals surface area contributed by atoms with Gasteiger partial charge in [0.2, 0.25) is 0 Å². The third-order valence-electron chi connectivity index (χ3n) is 14.4. The normalized spacial score (nSPS) is 12.1. The van der Waals surface area contributed by atoms with Crippen LogP contribution in [0.1, 0.15) is 22.3 Å². The summed E-state index contributed by atoms with van der Waals surface area (Å²) < 4.78 is 66.0. The van der Waals surface area contributed by atoms with E-state index in [0.717, 1.165) is 78.1 Å². The van der Waals surface area contributed by atoms with E-state index in [4.69, 9.17) is 0 Å². The zero-order valence-corrected chi connectivity index (χ0v) is 43.4. The standard InChI is InChI=1S/C62H56F4N2Si2/c1-37-13-11-15-47(39(37)3)51-33-59(55(65)35-53(51)63)67(43-21-25-45(26-22-43)69(5,6)7)57-31-19-41-18-30-50-58(32-20-42-17-29-49(57)61(41)62(42)50)68(44-23-27-46(28-24-44)70(8,9)10)60-34-52(54(64)36-56(60)66)48-16-12-14-38(2)40(48)4/h11-36H,1-10H3. The molecule has 8 heteroatoms. The first-order chi connectivity index (χ1) is 33.3. The van der Waals surface area contributed by atoms with E-state index < -0.39 is 39.4 Å². The van der Waals surface area contributed by atoms with Gasteiger partial charge in [0.25, 0.3) is 0 Å². The molecule has 10 rings (SSSR count). The van der Waals surface area contributed by atoms with Gasteiger partial charge in [-0.25, -0.2) is 17.6 Å². The molecule has 0 aromatic heterocycles. The van der Waals surface area contributed by atoms with Gasteiger partial charge in [0.15, 0.2) is 0 Å². The first kappa shape index (κ1) is 46.7. The van der Waals surface area contributed by atoms with Gasteiger partial charge in [-0.1, -0.05) is 147 Å². The van der Waals surface area contributed by atoms with Crippen LogP contribution in [0.15, 0.2) is 158 Å². The molecule has 2 nitrogen and oxygen atoms in total. The molecule has 10 aromatic rings. The molecule has 0 radical (unpaired) electrons. The summed E-state index contributed by atoms with van der Waals surface area (Å²) >= 11 is 0. The van der Waals surface area contributed by atoms with Crippen LogP contribution < -0.4 is 20.2 Å². The molecule has 0 aliphatic heterocycles. The van der Waals surface area contributed by atoms with Crippen LogP contribution in [0, 0.1) is 51.0 Å². The number of halogens is 4. The third-order valence-corrected chi connectivity index (χ3v) is 18.6. The molecule has 0 aliphatic carbocycles. The van der Waals surface area contributed by atoms with Crippen LogP contribution in [0.2, 0.25) is 39.3 Å². The first-order valence-corrected chi connectivity index (χ1v) is 30.9. The lowest BCUT2D eigenvalue weighted by Gasteiger charge is -2.30. The molecule has 0 saturated carbocycles. The Hall–Kier alpha value is -7.01. The predicted octanol–water partition coefficient (Wildman–Crippen LogP) is 17.7. The van der Waals surface area contributed by atoms with E-state index in [2.05, 4.69) is 99.9 Å². The summed E-state index contributed by atoms with van der Waals surface area (Å²) in [6, 6.07) is 50.0. The maximum Gasteiger partial charge on any atom is 0.150 e. The van der Waals surface area contributed by atoms with Gasteiger partial charge in [0, 0.05) is 45.4 Å². The van der Waals surface area contributed by atoms with Gasteiger partial charge in [-0.05, 0) is 131 Å². The number of nitrogens with zero attached hydrogens (tertiary/aromatic N) is 2. The van der Waals surface area contributed by atoms with E-state index in [1.807, 2.05) is 110 Å². The Balaban J connectivity index is 1.24. The number of rotatable bonds is 10. The molecular weight excluding hydrogens is 905 g/mol. The molecule has 0 fully saturated rings. The molecule has 0 spiro atoms. The van der Waals surface area contributed by atoms with Gasteiger partial charge in [-0.15, -0.1) is 0 Å². The Morgan fingerprint density at radius 1 is 0.343 bits per heavy atom. The highest BCUT2D eigenvalue weighted by molar-refractivity contribution is 6.89. The average Bonchev–Trinajstić information content (AvgIpc) is 3.32. The van der Waals surface area contributed by atoms with Crippen molar-refractivity contribution in [2.45, 2.75) is 67.0 Å². The van der Waals surface area contributed by atoms with E-state index in [-0.39, 0.29) is 11.4 Å². The van der Waals surface area contributed by atoms with Crippen molar-refractivity contribution < 1.29 is 17.6 Å². The number of hydrogen-bond donors (Lipinski definition) is 0.